The summed E-state index contributed by atoms with van der Waals surface area (Å²) < 4.78 is 30.4. The van der Waals surface area contributed by atoms with Gasteiger partial charge >= 0.3 is 0 Å². The van der Waals surface area contributed by atoms with E-state index in [1.54, 1.807) is 26.0 Å². The minimum atomic E-state index is -3.41. The first-order valence-electron chi connectivity index (χ1n) is 6.71. The van der Waals surface area contributed by atoms with Gasteiger partial charge in [0.25, 0.3) is 0 Å². The summed E-state index contributed by atoms with van der Waals surface area (Å²) in [5.41, 5.74) is 7.18. The number of rotatable bonds is 5. The van der Waals surface area contributed by atoms with Crippen molar-refractivity contribution in [1.29, 1.82) is 0 Å². The maximum atomic E-state index is 12.4. The molecule has 4 nitrogen and oxygen atoms in total. The van der Waals surface area contributed by atoms with Gasteiger partial charge in [0.05, 0.1) is 5.25 Å². The topological polar surface area (TPSA) is 69.4 Å². The van der Waals surface area contributed by atoms with Crippen molar-refractivity contribution in [1.82, 2.24) is 0 Å². The summed E-state index contributed by atoms with van der Waals surface area (Å²) in [6.07, 6.45) is 0. The number of hydrogen-bond donors (Lipinski definition) is 1. The molecule has 112 valence electrons. The summed E-state index contributed by atoms with van der Waals surface area (Å²) >= 11 is 0. The van der Waals surface area contributed by atoms with Gasteiger partial charge in [-0.15, -0.1) is 0 Å². The zero-order chi connectivity index (χ0) is 15.5. The maximum Gasteiger partial charge on any atom is 0.184 e. The molecule has 0 aliphatic carbocycles. The van der Waals surface area contributed by atoms with Crippen LogP contribution in [0.4, 0.5) is 5.69 Å². The van der Waals surface area contributed by atoms with Gasteiger partial charge in [0.2, 0.25) is 0 Å². The van der Waals surface area contributed by atoms with Gasteiger partial charge in [0.15, 0.2) is 9.84 Å². The van der Waals surface area contributed by atoms with E-state index in [1.807, 2.05) is 30.3 Å². The zero-order valence-corrected chi connectivity index (χ0v) is 12.9. The zero-order valence-electron chi connectivity index (χ0n) is 12.1. The Morgan fingerprint density at radius 2 is 1.76 bits per heavy atom. The van der Waals surface area contributed by atoms with Gasteiger partial charge in [-0.3, -0.25) is 0 Å². The molecule has 0 heterocycles. The van der Waals surface area contributed by atoms with E-state index in [9.17, 15) is 8.42 Å². The van der Waals surface area contributed by atoms with Crippen molar-refractivity contribution in [3.8, 4) is 5.75 Å². The van der Waals surface area contributed by atoms with Crippen LogP contribution in [0.1, 0.15) is 19.4 Å². The fourth-order valence-corrected chi connectivity index (χ4v) is 3.03. The monoisotopic (exact) mass is 305 g/mol. The second-order valence-corrected chi connectivity index (χ2v) is 7.55. The van der Waals surface area contributed by atoms with E-state index in [2.05, 4.69) is 0 Å². The Hall–Kier alpha value is -2.01. The van der Waals surface area contributed by atoms with Crippen molar-refractivity contribution in [3.05, 3.63) is 54.1 Å². The third-order valence-corrected chi connectivity index (χ3v) is 5.32. The predicted molar refractivity (Wildman–Crippen MR) is 84.0 cm³/mol. The van der Waals surface area contributed by atoms with Crippen LogP contribution in [-0.2, 0) is 16.4 Å². The van der Waals surface area contributed by atoms with Crippen LogP contribution in [0.5, 0.6) is 5.75 Å². The summed E-state index contributed by atoms with van der Waals surface area (Å²) in [4.78, 5) is 0.183. The average Bonchev–Trinajstić information content (AvgIpc) is 2.46. The number of sulfone groups is 1. The molecule has 0 radical (unpaired) electrons. The Morgan fingerprint density at radius 3 is 2.38 bits per heavy atom. The molecule has 2 rings (SSSR count). The van der Waals surface area contributed by atoms with E-state index in [4.69, 9.17) is 10.5 Å². The quantitative estimate of drug-likeness (QED) is 0.862. The lowest BCUT2D eigenvalue weighted by atomic mass is 10.2. The number of nitrogens with two attached hydrogens (primary N) is 1. The molecule has 0 spiro atoms. The van der Waals surface area contributed by atoms with E-state index < -0.39 is 15.1 Å². The van der Waals surface area contributed by atoms with Crippen LogP contribution in [-0.4, -0.2) is 13.7 Å². The molecule has 0 bridgehead atoms. The van der Waals surface area contributed by atoms with Crippen molar-refractivity contribution in [2.24, 2.45) is 0 Å². The van der Waals surface area contributed by atoms with Gasteiger partial charge in [-0.25, -0.2) is 8.42 Å². The highest BCUT2D eigenvalue weighted by molar-refractivity contribution is 7.92. The number of anilines is 1. The van der Waals surface area contributed by atoms with Crippen LogP contribution in [0.15, 0.2) is 53.4 Å². The fraction of sp³-hybridized carbons (Fsp3) is 0.250. The van der Waals surface area contributed by atoms with Crippen molar-refractivity contribution in [2.75, 3.05) is 5.73 Å². The van der Waals surface area contributed by atoms with Crippen molar-refractivity contribution < 1.29 is 13.2 Å². The van der Waals surface area contributed by atoms with E-state index in [0.717, 1.165) is 5.56 Å². The number of ether oxygens (including phenoxy) is 1. The second kappa shape index (κ2) is 6.18. The normalized spacial score (nSPS) is 11.6. The first-order valence-corrected chi connectivity index (χ1v) is 8.26. The summed E-state index contributed by atoms with van der Waals surface area (Å²) in [7, 11) is -3.41. The van der Waals surface area contributed by atoms with Crippen LogP contribution < -0.4 is 10.5 Å². The fourth-order valence-electron chi connectivity index (χ4n) is 1.86. The minimum absolute atomic E-state index is 0.183. The predicted octanol–water partition coefficient (Wildman–Crippen LogP) is 3.03. The molecular formula is C16H19NO3S. The molecule has 0 aromatic heterocycles. The highest BCUT2D eigenvalue weighted by Crippen LogP contribution is 2.29. The molecule has 0 saturated heterocycles. The number of benzene rings is 2. The summed E-state index contributed by atoms with van der Waals surface area (Å²) in [5, 5.41) is -0.514. The van der Waals surface area contributed by atoms with Crippen molar-refractivity contribution >= 4 is 15.5 Å². The van der Waals surface area contributed by atoms with Crippen molar-refractivity contribution in [3.63, 3.8) is 0 Å². The summed E-state index contributed by atoms with van der Waals surface area (Å²) in [6.45, 7) is 3.59. The first kappa shape index (κ1) is 15.4. The highest BCUT2D eigenvalue weighted by atomic mass is 32.2. The van der Waals surface area contributed by atoms with E-state index in [1.165, 1.54) is 6.07 Å². The molecular weight excluding hydrogens is 286 g/mol. The van der Waals surface area contributed by atoms with E-state index >= 15 is 0 Å². The first-order chi connectivity index (χ1) is 9.91. The van der Waals surface area contributed by atoms with Gasteiger partial charge in [-0.05, 0) is 31.5 Å². The van der Waals surface area contributed by atoms with Gasteiger partial charge in [0, 0.05) is 11.8 Å². The Balaban J connectivity index is 2.32. The molecule has 2 N–H and O–H groups in total. The van der Waals surface area contributed by atoms with Gasteiger partial charge < -0.3 is 10.5 Å². The average molecular weight is 305 g/mol. The molecule has 0 aliphatic rings. The molecule has 0 fully saturated rings. The third kappa shape index (κ3) is 3.55. The largest absolute Gasteiger partial charge is 0.487 e. The van der Waals surface area contributed by atoms with Gasteiger partial charge in [0.1, 0.15) is 17.3 Å². The summed E-state index contributed by atoms with van der Waals surface area (Å²) in [6, 6.07) is 14.2. The van der Waals surface area contributed by atoms with E-state index in [-0.39, 0.29) is 4.90 Å². The maximum absolute atomic E-state index is 12.4. The standard InChI is InChI=1S/C16H19NO3S/c1-12(2)21(18,19)16-9-8-14(17)10-15(16)20-11-13-6-4-3-5-7-13/h3-10,12H,11,17H2,1-2H3. The Labute approximate surface area is 125 Å². The lowest BCUT2D eigenvalue weighted by Crippen LogP contribution is -2.15. The minimum Gasteiger partial charge on any atom is -0.487 e. The van der Waals surface area contributed by atoms with Crippen LogP contribution in [0, 0.1) is 0 Å². The van der Waals surface area contributed by atoms with E-state index in [0.29, 0.717) is 18.0 Å². The second-order valence-electron chi connectivity index (χ2n) is 5.07. The molecule has 0 atom stereocenters. The number of hydrogen-bond acceptors (Lipinski definition) is 4. The molecule has 2 aromatic rings. The molecule has 0 saturated carbocycles. The summed E-state index contributed by atoms with van der Waals surface area (Å²) in [5.74, 6) is 0.299. The lowest BCUT2D eigenvalue weighted by Gasteiger charge is -2.14. The van der Waals surface area contributed by atoms with Crippen LogP contribution >= 0.6 is 0 Å². The smallest absolute Gasteiger partial charge is 0.184 e. The highest BCUT2D eigenvalue weighted by Gasteiger charge is 2.23. The molecule has 0 aliphatic heterocycles. The van der Waals surface area contributed by atoms with Crippen LogP contribution in [0.25, 0.3) is 0 Å². The van der Waals surface area contributed by atoms with Gasteiger partial charge in [-0.1, -0.05) is 30.3 Å². The molecule has 21 heavy (non-hydrogen) atoms. The Bertz CT molecular complexity index is 710. The molecule has 0 unspecified atom stereocenters. The SMILES string of the molecule is CC(C)S(=O)(=O)c1ccc(N)cc1OCc1ccccc1. The number of nitrogen functional groups attached to an aromatic ring is 1. The molecule has 0 amide bonds. The third-order valence-electron chi connectivity index (χ3n) is 3.13. The Kier molecular flexibility index (Phi) is 4.53. The van der Waals surface area contributed by atoms with Gasteiger partial charge in [-0.2, -0.15) is 0 Å². The molecule has 2 aromatic carbocycles. The lowest BCUT2D eigenvalue weighted by molar-refractivity contribution is 0.298. The Morgan fingerprint density at radius 1 is 1.10 bits per heavy atom. The van der Waals surface area contributed by atoms with Crippen molar-refractivity contribution in [2.45, 2.75) is 30.6 Å². The van der Waals surface area contributed by atoms with Crippen LogP contribution in [0.3, 0.4) is 0 Å². The van der Waals surface area contributed by atoms with Crippen LogP contribution in [0.2, 0.25) is 0 Å². The molecule has 5 heteroatoms.